The van der Waals surface area contributed by atoms with Crippen LogP contribution in [0.4, 0.5) is 0 Å². The van der Waals surface area contributed by atoms with Gasteiger partial charge in [0.25, 0.3) is 0 Å². The Morgan fingerprint density at radius 1 is 1.06 bits per heavy atom. The molecule has 0 amide bonds. The van der Waals surface area contributed by atoms with E-state index in [1.54, 1.807) is 24.3 Å². The molecular weight excluding hydrogens is 215 g/mol. The van der Waals surface area contributed by atoms with Gasteiger partial charge in [0, 0.05) is 0 Å². The Hall–Kier alpha value is -1.61. The van der Waals surface area contributed by atoms with Gasteiger partial charge in [-0.25, -0.2) is 0 Å². The summed E-state index contributed by atoms with van der Waals surface area (Å²) < 4.78 is 1.30. The molecule has 2 heterocycles. The summed E-state index contributed by atoms with van der Waals surface area (Å²) in [4.78, 5) is 1.24. The monoisotopic (exact) mass is 224 g/mol. The third-order valence-electron chi connectivity index (χ3n) is 2.58. The Labute approximate surface area is 98.2 Å². The Bertz CT molecular complexity index is 595. The third-order valence-corrected chi connectivity index (χ3v) is 3.74. The molecule has 76 valence electrons. The first-order valence-corrected chi connectivity index (χ1v) is 5.92. The van der Waals surface area contributed by atoms with Crippen LogP contribution < -0.4 is 0 Å². The SMILES string of the molecule is Oc1bcc(-c2cc3ccccc3s2)cc1. The fraction of sp³-hybridized carbons (Fsp3) is 0. The zero-order valence-corrected chi connectivity index (χ0v) is 9.37. The number of thiophene rings is 1. The molecule has 1 aromatic carbocycles. The molecule has 0 spiro atoms. The number of fused-ring (bicyclic) bond motifs is 1. The Morgan fingerprint density at radius 3 is 2.69 bits per heavy atom. The van der Waals surface area contributed by atoms with E-state index in [0.29, 0.717) is 5.64 Å². The van der Waals surface area contributed by atoms with Crippen LogP contribution in [0, 0.1) is 0 Å². The second kappa shape index (κ2) is 3.76. The number of hydrogen-bond donors (Lipinski definition) is 1. The van der Waals surface area contributed by atoms with Crippen molar-refractivity contribution in [1.29, 1.82) is 0 Å². The molecule has 1 N–H and O–H groups in total. The zero-order chi connectivity index (χ0) is 11.0. The topological polar surface area (TPSA) is 20.2 Å². The fourth-order valence-corrected chi connectivity index (χ4v) is 2.82. The normalized spacial score (nSPS) is 10.5. The number of rotatable bonds is 1. The predicted octanol–water partition coefficient (Wildman–Crippen LogP) is 3.61. The first kappa shape index (κ1) is 9.61. The summed E-state index contributed by atoms with van der Waals surface area (Å²) >= 11 is 1.77. The fourth-order valence-electron chi connectivity index (χ4n) is 1.75. The van der Waals surface area contributed by atoms with Gasteiger partial charge in [0.2, 0.25) is 0 Å². The zero-order valence-electron chi connectivity index (χ0n) is 8.55. The molecule has 3 aromatic rings. The molecular formula is C13H9BOS. The van der Waals surface area contributed by atoms with Crippen LogP contribution >= 0.6 is 11.3 Å². The average Bonchev–Trinajstić information content (AvgIpc) is 2.73. The molecule has 2 aromatic heterocycles. The van der Waals surface area contributed by atoms with Crippen molar-refractivity contribution >= 4 is 28.3 Å². The van der Waals surface area contributed by atoms with Gasteiger partial charge in [-0.1, -0.05) is 0 Å². The molecule has 0 radical (unpaired) electrons. The molecule has 0 aliphatic rings. The van der Waals surface area contributed by atoms with Gasteiger partial charge < -0.3 is 0 Å². The summed E-state index contributed by atoms with van der Waals surface area (Å²) in [5.41, 5.74) is 1.46. The molecule has 1 nitrogen and oxygen atoms in total. The molecule has 0 atom stereocenters. The quantitative estimate of drug-likeness (QED) is 0.669. The van der Waals surface area contributed by atoms with Crippen molar-refractivity contribution < 1.29 is 5.11 Å². The molecule has 0 saturated carbocycles. The minimum atomic E-state index is 0.310. The summed E-state index contributed by atoms with van der Waals surface area (Å²) in [6.07, 6.45) is 0. The molecule has 3 heteroatoms. The average molecular weight is 224 g/mol. The van der Waals surface area contributed by atoms with Gasteiger partial charge >= 0.3 is 98.0 Å². The summed E-state index contributed by atoms with van der Waals surface area (Å²) in [6.45, 7) is 1.72. The second-order valence-electron chi connectivity index (χ2n) is 3.70. The Morgan fingerprint density at radius 2 is 1.94 bits per heavy atom. The van der Waals surface area contributed by atoms with Gasteiger partial charge in [-0.3, -0.25) is 0 Å². The van der Waals surface area contributed by atoms with Gasteiger partial charge in [-0.15, -0.1) is 0 Å². The van der Waals surface area contributed by atoms with E-state index in [4.69, 9.17) is 0 Å². The summed E-state index contributed by atoms with van der Waals surface area (Å²) in [7, 11) is 0. The van der Waals surface area contributed by atoms with Crippen LogP contribution in [0.2, 0.25) is 0 Å². The van der Waals surface area contributed by atoms with Crippen molar-refractivity contribution in [1.82, 2.24) is 0 Å². The van der Waals surface area contributed by atoms with E-state index in [9.17, 15) is 5.11 Å². The van der Waals surface area contributed by atoms with Crippen LogP contribution in [0.1, 0.15) is 0 Å². The number of aromatic hydroxyl groups is 1. The van der Waals surface area contributed by atoms with E-state index in [2.05, 4.69) is 30.3 Å². The molecule has 0 aliphatic heterocycles. The maximum atomic E-state index is 9.25. The first-order valence-electron chi connectivity index (χ1n) is 5.11. The van der Waals surface area contributed by atoms with Gasteiger partial charge in [0.05, 0.1) is 0 Å². The Kier molecular flexibility index (Phi) is 2.26. The van der Waals surface area contributed by atoms with Crippen LogP contribution in [0.3, 0.4) is 0 Å². The maximum absolute atomic E-state index is 9.25. The van der Waals surface area contributed by atoms with Crippen LogP contribution in [0.5, 0.6) is 5.64 Å². The molecule has 0 fully saturated rings. The third kappa shape index (κ3) is 1.63. The van der Waals surface area contributed by atoms with Gasteiger partial charge in [-0.2, -0.15) is 0 Å². The molecule has 0 aliphatic carbocycles. The summed E-state index contributed by atoms with van der Waals surface area (Å²) in [5, 5.41) is 10.5. The van der Waals surface area contributed by atoms with Gasteiger partial charge in [0.1, 0.15) is 0 Å². The van der Waals surface area contributed by atoms with Crippen LogP contribution in [-0.4, -0.2) is 12.0 Å². The Balaban J connectivity index is 2.15. The van der Waals surface area contributed by atoms with Crippen molar-refractivity contribution in [2.75, 3.05) is 0 Å². The second-order valence-corrected chi connectivity index (χ2v) is 4.78. The van der Waals surface area contributed by atoms with E-state index in [-0.39, 0.29) is 0 Å². The van der Waals surface area contributed by atoms with Crippen molar-refractivity contribution in [2.24, 2.45) is 0 Å². The van der Waals surface area contributed by atoms with Crippen molar-refractivity contribution in [3.63, 3.8) is 0 Å². The summed E-state index contributed by atoms with van der Waals surface area (Å²) in [6, 6.07) is 14.2. The number of hydrogen-bond acceptors (Lipinski definition) is 2. The molecule has 0 bridgehead atoms. The van der Waals surface area contributed by atoms with E-state index in [1.807, 2.05) is 12.0 Å². The number of benzene rings is 1. The predicted molar refractivity (Wildman–Crippen MR) is 70.3 cm³/mol. The van der Waals surface area contributed by atoms with E-state index in [1.165, 1.54) is 15.0 Å². The minimum absolute atomic E-state index is 0.310. The van der Waals surface area contributed by atoms with Crippen molar-refractivity contribution in [3.8, 4) is 16.1 Å². The first-order chi connectivity index (χ1) is 7.83. The molecule has 3 rings (SSSR count). The standard InChI is InChI=1S/C13H9BOS/c15-13-6-5-10(8-14-13)12-7-9-3-1-2-4-11(9)16-12/h1-8,15H. The van der Waals surface area contributed by atoms with E-state index >= 15 is 0 Å². The van der Waals surface area contributed by atoms with Crippen molar-refractivity contribution in [3.05, 3.63) is 48.4 Å². The van der Waals surface area contributed by atoms with Gasteiger partial charge in [0.15, 0.2) is 0 Å². The van der Waals surface area contributed by atoms with Crippen LogP contribution in [0.15, 0.2) is 48.4 Å². The molecule has 16 heavy (non-hydrogen) atoms. The molecule has 0 unspecified atom stereocenters. The van der Waals surface area contributed by atoms with E-state index in [0.717, 1.165) is 5.56 Å². The van der Waals surface area contributed by atoms with Crippen molar-refractivity contribution in [2.45, 2.75) is 0 Å². The van der Waals surface area contributed by atoms with Crippen LogP contribution in [-0.2, 0) is 0 Å². The summed E-state index contributed by atoms with van der Waals surface area (Å²) in [5.74, 6) is 1.94. The molecule has 0 saturated heterocycles. The van der Waals surface area contributed by atoms with E-state index < -0.39 is 0 Å². The van der Waals surface area contributed by atoms with Crippen LogP contribution in [0.25, 0.3) is 20.5 Å². The van der Waals surface area contributed by atoms with Gasteiger partial charge in [-0.05, 0) is 0 Å².